The van der Waals surface area contributed by atoms with Gasteiger partial charge < -0.3 is 5.73 Å². The molecule has 0 spiro atoms. The molecule has 0 aromatic heterocycles. The number of nitrogens with two attached hydrogens (primary N) is 1. The predicted molar refractivity (Wildman–Crippen MR) is 36.8 cm³/mol. The molecule has 0 aliphatic heterocycles. The first-order valence-electron chi connectivity index (χ1n) is 2.57. The Morgan fingerprint density at radius 2 is 2.38 bits per heavy atom. The molecule has 1 atom stereocenters. The van der Waals surface area contributed by atoms with Gasteiger partial charge in [0.25, 0.3) is 0 Å². The molecule has 1 unspecified atom stereocenters. The van der Waals surface area contributed by atoms with E-state index < -0.39 is 0 Å². The molecule has 0 radical (unpaired) electrons. The first-order chi connectivity index (χ1) is 3.77. The first kappa shape index (κ1) is 7.81. The molecule has 0 aromatic carbocycles. The van der Waals surface area contributed by atoms with Crippen molar-refractivity contribution < 1.29 is 0 Å². The molecule has 0 aromatic rings. The lowest BCUT2D eigenvalue weighted by molar-refractivity contribution is 0.957. The van der Waals surface area contributed by atoms with Gasteiger partial charge in [0.2, 0.25) is 0 Å². The van der Waals surface area contributed by atoms with E-state index >= 15 is 0 Å². The minimum Gasteiger partial charge on any atom is -0.318 e. The highest BCUT2D eigenvalue weighted by atomic mass is 35.5. The van der Waals surface area contributed by atoms with Crippen LogP contribution in [-0.2, 0) is 0 Å². The lowest BCUT2D eigenvalue weighted by Crippen LogP contribution is -2.10. The van der Waals surface area contributed by atoms with Crippen molar-refractivity contribution in [1.82, 2.24) is 0 Å². The number of hydrogen-bond donors (Lipinski definition) is 1. The highest BCUT2D eigenvalue weighted by Gasteiger charge is 1.78. The molecular formula is C6H10ClN. The number of hydrogen-bond acceptors (Lipinski definition) is 1. The van der Waals surface area contributed by atoms with Crippen LogP contribution in [0, 0.1) is 11.8 Å². The summed E-state index contributed by atoms with van der Waals surface area (Å²) in [4.78, 5) is 0. The fourth-order valence-electron chi connectivity index (χ4n) is 0.280. The maximum absolute atomic E-state index is 5.34. The third kappa shape index (κ3) is 5.81. The summed E-state index contributed by atoms with van der Waals surface area (Å²) in [5.41, 5.74) is 5.32. The Balaban J connectivity index is 3.20. The van der Waals surface area contributed by atoms with E-state index in [1.54, 1.807) is 0 Å². The van der Waals surface area contributed by atoms with E-state index in [0.717, 1.165) is 6.42 Å². The zero-order valence-corrected chi connectivity index (χ0v) is 5.70. The Hall–Kier alpha value is -0.190. The maximum Gasteiger partial charge on any atom is 0.0636 e. The fraction of sp³-hybridized carbons (Fsp3) is 0.667. The van der Waals surface area contributed by atoms with Crippen molar-refractivity contribution in [3.05, 3.63) is 0 Å². The normalized spacial score (nSPS) is 11.9. The average Bonchev–Trinajstić information content (AvgIpc) is 1.66. The Morgan fingerprint density at radius 1 is 1.75 bits per heavy atom. The molecule has 0 bridgehead atoms. The highest BCUT2D eigenvalue weighted by molar-refractivity contribution is 6.17. The molecule has 1 nitrogen and oxygen atoms in total. The lowest BCUT2D eigenvalue weighted by Gasteiger charge is -1.86. The van der Waals surface area contributed by atoms with Gasteiger partial charge in [-0.3, -0.25) is 0 Å². The largest absolute Gasteiger partial charge is 0.318 e. The van der Waals surface area contributed by atoms with Gasteiger partial charge in [0.05, 0.1) is 6.04 Å². The summed E-state index contributed by atoms with van der Waals surface area (Å²) >= 11 is 5.34. The van der Waals surface area contributed by atoms with Crippen molar-refractivity contribution in [2.75, 3.05) is 5.88 Å². The second kappa shape index (κ2) is 4.96. The lowest BCUT2D eigenvalue weighted by atomic mass is 10.3. The molecule has 0 saturated carbocycles. The van der Waals surface area contributed by atoms with Gasteiger partial charge in [-0.2, -0.15) is 0 Å². The summed E-state index contributed by atoms with van der Waals surface area (Å²) < 4.78 is 0. The van der Waals surface area contributed by atoms with Crippen molar-refractivity contribution in [3.8, 4) is 11.8 Å². The first-order valence-corrected chi connectivity index (χ1v) is 3.10. The zero-order valence-electron chi connectivity index (χ0n) is 4.95. The Kier molecular flexibility index (Phi) is 4.84. The minimum absolute atomic E-state index is 0.0155. The molecule has 0 aliphatic rings. The van der Waals surface area contributed by atoms with Crippen molar-refractivity contribution in [2.24, 2.45) is 5.73 Å². The zero-order chi connectivity index (χ0) is 6.41. The van der Waals surface area contributed by atoms with E-state index in [-0.39, 0.29) is 6.04 Å². The molecule has 0 rings (SSSR count). The minimum atomic E-state index is -0.0155. The quantitative estimate of drug-likeness (QED) is 0.417. The van der Waals surface area contributed by atoms with Gasteiger partial charge in [0, 0.05) is 12.3 Å². The van der Waals surface area contributed by atoms with Crippen LogP contribution in [-0.4, -0.2) is 11.9 Å². The molecular weight excluding hydrogens is 122 g/mol. The van der Waals surface area contributed by atoms with E-state index in [0.29, 0.717) is 5.88 Å². The molecule has 8 heavy (non-hydrogen) atoms. The maximum atomic E-state index is 5.34. The van der Waals surface area contributed by atoms with Crippen LogP contribution in [0.3, 0.4) is 0 Å². The second-order valence-corrected chi connectivity index (χ2v) is 1.93. The summed E-state index contributed by atoms with van der Waals surface area (Å²) in [6.45, 7) is 1.85. The molecule has 46 valence electrons. The SMILES string of the molecule is CC(N)C#CCCCl. The van der Waals surface area contributed by atoms with Crippen LogP contribution in [0.15, 0.2) is 0 Å². The van der Waals surface area contributed by atoms with Crippen LogP contribution in [0.5, 0.6) is 0 Å². The van der Waals surface area contributed by atoms with Crippen LogP contribution in [0.25, 0.3) is 0 Å². The standard InChI is InChI=1S/C6H10ClN/c1-6(8)4-2-3-5-7/h6H,3,5,8H2,1H3. The van der Waals surface area contributed by atoms with E-state index in [9.17, 15) is 0 Å². The summed E-state index contributed by atoms with van der Waals surface area (Å²) in [7, 11) is 0. The van der Waals surface area contributed by atoms with Crippen molar-refractivity contribution in [3.63, 3.8) is 0 Å². The van der Waals surface area contributed by atoms with Gasteiger partial charge in [0.1, 0.15) is 0 Å². The molecule has 0 heterocycles. The average molecular weight is 132 g/mol. The Labute approximate surface area is 55.2 Å². The Bertz CT molecular complexity index is 98.8. The third-order valence-corrected chi connectivity index (χ3v) is 0.738. The summed E-state index contributed by atoms with van der Waals surface area (Å²) in [5, 5.41) is 0. The van der Waals surface area contributed by atoms with Gasteiger partial charge in [-0.25, -0.2) is 0 Å². The Morgan fingerprint density at radius 3 is 2.75 bits per heavy atom. The predicted octanol–water partition coefficient (Wildman–Crippen LogP) is 0.966. The number of rotatable bonds is 1. The van der Waals surface area contributed by atoms with Gasteiger partial charge in [-0.1, -0.05) is 5.92 Å². The van der Waals surface area contributed by atoms with Crippen molar-refractivity contribution in [1.29, 1.82) is 0 Å². The highest BCUT2D eigenvalue weighted by Crippen LogP contribution is 1.79. The van der Waals surface area contributed by atoms with E-state index in [1.807, 2.05) is 6.92 Å². The van der Waals surface area contributed by atoms with Crippen LogP contribution >= 0.6 is 11.6 Å². The molecule has 0 fully saturated rings. The summed E-state index contributed by atoms with van der Waals surface area (Å²) in [6, 6.07) is -0.0155. The van der Waals surface area contributed by atoms with Crippen LogP contribution in [0.2, 0.25) is 0 Å². The third-order valence-electron chi connectivity index (χ3n) is 0.549. The fourth-order valence-corrected chi connectivity index (χ4v) is 0.375. The molecule has 0 amide bonds. The van der Waals surface area contributed by atoms with Crippen LogP contribution < -0.4 is 5.73 Å². The monoisotopic (exact) mass is 131 g/mol. The second-order valence-electron chi connectivity index (χ2n) is 1.55. The van der Waals surface area contributed by atoms with Crippen molar-refractivity contribution >= 4 is 11.6 Å². The summed E-state index contributed by atoms with van der Waals surface area (Å²) in [6.07, 6.45) is 0.739. The van der Waals surface area contributed by atoms with E-state index in [1.165, 1.54) is 0 Å². The number of alkyl halides is 1. The van der Waals surface area contributed by atoms with E-state index in [4.69, 9.17) is 17.3 Å². The number of halogens is 1. The molecule has 2 N–H and O–H groups in total. The van der Waals surface area contributed by atoms with Gasteiger partial charge in [0.15, 0.2) is 0 Å². The van der Waals surface area contributed by atoms with Crippen molar-refractivity contribution in [2.45, 2.75) is 19.4 Å². The van der Waals surface area contributed by atoms with E-state index in [2.05, 4.69) is 11.8 Å². The summed E-state index contributed by atoms with van der Waals surface area (Å²) in [5.74, 6) is 6.21. The van der Waals surface area contributed by atoms with Gasteiger partial charge in [-0.15, -0.1) is 17.5 Å². The molecule has 2 heteroatoms. The van der Waals surface area contributed by atoms with Crippen LogP contribution in [0.4, 0.5) is 0 Å². The van der Waals surface area contributed by atoms with Gasteiger partial charge >= 0.3 is 0 Å². The topological polar surface area (TPSA) is 26.0 Å². The molecule has 0 aliphatic carbocycles. The van der Waals surface area contributed by atoms with Gasteiger partial charge in [-0.05, 0) is 6.92 Å². The van der Waals surface area contributed by atoms with Crippen LogP contribution in [0.1, 0.15) is 13.3 Å². The smallest absolute Gasteiger partial charge is 0.0636 e. The molecule has 0 saturated heterocycles.